The minimum Gasteiger partial charge on any atom is -0.325 e. The number of hydrogen-bond acceptors (Lipinski definition) is 3. The van der Waals surface area contributed by atoms with Gasteiger partial charge in [-0.25, -0.2) is 0 Å². The number of fused-ring (bicyclic) bond motifs is 1. The summed E-state index contributed by atoms with van der Waals surface area (Å²) in [6.07, 6.45) is 1.88. The van der Waals surface area contributed by atoms with E-state index in [0.29, 0.717) is 18.5 Å². The summed E-state index contributed by atoms with van der Waals surface area (Å²) in [6.45, 7) is 8.89. The first kappa shape index (κ1) is 25.5. The van der Waals surface area contributed by atoms with Gasteiger partial charge >= 0.3 is 6.18 Å². The topological polar surface area (TPSA) is 58.2 Å². The van der Waals surface area contributed by atoms with Crippen LogP contribution in [0.5, 0.6) is 0 Å². The van der Waals surface area contributed by atoms with Crippen molar-refractivity contribution in [3.05, 3.63) is 64.6 Å². The minimum absolute atomic E-state index is 0.0731. The fourth-order valence-electron chi connectivity index (χ4n) is 3.26. The highest BCUT2D eigenvalue weighted by Crippen LogP contribution is 2.41. The molecule has 0 aliphatic carbocycles. The first-order chi connectivity index (χ1) is 15.1. The van der Waals surface area contributed by atoms with E-state index in [1.807, 2.05) is 25.3 Å². The van der Waals surface area contributed by atoms with Gasteiger partial charge in [-0.2, -0.15) is 13.2 Å². The summed E-state index contributed by atoms with van der Waals surface area (Å²) in [4.78, 5) is 25.7. The van der Waals surface area contributed by atoms with Gasteiger partial charge in [0.25, 0.3) is 5.91 Å². The molecule has 0 saturated heterocycles. The van der Waals surface area contributed by atoms with Crippen LogP contribution in [-0.4, -0.2) is 18.0 Å². The number of anilines is 2. The smallest absolute Gasteiger partial charge is 0.325 e. The van der Waals surface area contributed by atoms with Gasteiger partial charge in [0.2, 0.25) is 5.91 Å². The number of allylic oxidation sites excluding steroid dienone is 4. The van der Waals surface area contributed by atoms with Crippen LogP contribution >= 0.6 is 11.8 Å². The van der Waals surface area contributed by atoms with Gasteiger partial charge in [0.1, 0.15) is 0 Å². The molecule has 8 heteroatoms. The van der Waals surface area contributed by atoms with Gasteiger partial charge in [-0.05, 0) is 54.9 Å². The highest BCUT2D eigenvalue weighted by atomic mass is 32.2. The van der Waals surface area contributed by atoms with Gasteiger partial charge in [-0.15, -0.1) is 0 Å². The fraction of sp³-hybridized carbons (Fsp3) is 0.333. The Morgan fingerprint density at radius 2 is 2.06 bits per heavy atom. The Balaban J connectivity index is 2.51. The third kappa shape index (κ3) is 6.63. The van der Waals surface area contributed by atoms with E-state index in [4.69, 9.17) is 0 Å². The van der Waals surface area contributed by atoms with Gasteiger partial charge in [0.15, 0.2) is 0 Å². The highest BCUT2D eigenvalue weighted by molar-refractivity contribution is 8.02. The molecule has 0 atom stereocenters. The van der Waals surface area contributed by atoms with Crippen LogP contribution in [0.4, 0.5) is 24.5 Å². The lowest BCUT2D eigenvalue weighted by Crippen LogP contribution is -2.22. The molecule has 1 aliphatic rings. The zero-order chi connectivity index (χ0) is 23.9. The third-order valence-electron chi connectivity index (χ3n) is 4.82. The highest BCUT2D eigenvalue weighted by Gasteiger charge is 2.30. The van der Waals surface area contributed by atoms with Gasteiger partial charge in [0, 0.05) is 22.6 Å². The van der Waals surface area contributed by atoms with Crippen molar-refractivity contribution in [2.24, 2.45) is 0 Å². The Bertz CT molecular complexity index is 992. The van der Waals surface area contributed by atoms with Crippen molar-refractivity contribution in [2.45, 2.75) is 57.5 Å². The maximum absolute atomic E-state index is 13.0. The van der Waals surface area contributed by atoms with Crippen LogP contribution < -0.4 is 10.6 Å². The predicted molar refractivity (Wildman–Crippen MR) is 125 cm³/mol. The number of halogens is 3. The average Bonchev–Trinajstić information content (AvgIpc) is 2.72. The first-order valence-electron chi connectivity index (χ1n) is 10.3. The zero-order valence-electron chi connectivity index (χ0n) is 18.4. The molecule has 0 aromatic heterocycles. The molecule has 2 rings (SSSR count). The summed E-state index contributed by atoms with van der Waals surface area (Å²) in [7, 11) is 0. The van der Waals surface area contributed by atoms with Crippen LogP contribution in [0.25, 0.3) is 0 Å². The molecule has 0 bridgehead atoms. The summed E-state index contributed by atoms with van der Waals surface area (Å²) in [5.74, 6) is -0.721. The number of aryl methyl sites for hydroxylation is 1. The average molecular weight is 465 g/mol. The van der Waals surface area contributed by atoms with E-state index in [9.17, 15) is 22.8 Å². The second kappa shape index (κ2) is 11.2. The summed E-state index contributed by atoms with van der Waals surface area (Å²) in [5, 5.41) is 7.60. The standard InChI is InChI=1S/C24H27F3N2O2S/c1-5-8-12-32-22-15(4)19(13-17-10-11-20(30)29-21(17)22)28-23(31)18(9-6-2)16(7-3)14-24(25,26)27/h6-9,12-13H,3,5,10-11,14H2,1-2,4H3,(H,28,31)(H,29,30)/b9-6-,12-8+,18-16-. The van der Waals surface area contributed by atoms with Gasteiger partial charge < -0.3 is 10.6 Å². The molecule has 1 aromatic carbocycles. The largest absolute Gasteiger partial charge is 0.393 e. The third-order valence-corrected chi connectivity index (χ3v) is 5.90. The number of thioether (sulfide) groups is 1. The Morgan fingerprint density at radius 1 is 1.34 bits per heavy atom. The van der Waals surface area contributed by atoms with E-state index in [2.05, 4.69) is 17.2 Å². The zero-order valence-corrected chi connectivity index (χ0v) is 19.2. The maximum Gasteiger partial charge on any atom is 0.393 e. The normalized spacial score (nSPS) is 14.9. The van der Waals surface area contributed by atoms with Crippen molar-refractivity contribution >= 4 is 35.0 Å². The summed E-state index contributed by atoms with van der Waals surface area (Å²) in [6, 6.07) is 1.78. The number of benzene rings is 1. The van der Waals surface area contributed by atoms with E-state index < -0.39 is 18.5 Å². The molecule has 1 aromatic rings. The number of carbonyl (C=O) groups excluding carboxylic acids is 2. The quantitative estimate of drug-likeness (QED) is 0.251. The van der Waals surface area contributed by atoms with E-state index in [-0.39, 0.29) is 17.1 Å². The number of carbonyl (C=O) groups is 2. The van der Waals surface area contributed by atoms with Crippen molar-refractivity contribution in [1.29, 1.82) is 0 Å². The monoisotopic (exact) mass is 464 g/mol. The molecule has 1 heterocycles. The second-order valence-electron chi connectivity index (χ2n) is 7.25. The van der Waals surface area contributed by atoms with Crippen LogP contribution in [-0.2, 0) is 16.0 Å². The molecule has 0 unspecified atom stereocenters. The number of amides is 2. The number of rotatable bonds is 8. The number of nitrogens with one attached hydrogen (secondary N) is 2. The SMILES string of the molecule is C=C/C(CC(F)(F)F)=C(\C=C/C)C(=O)Nc1cc2c(c(S/C=C/CC)c1C)NC(=O)CC2. The van der Waals surface area contributed by atoms with Crippen molar-refractivity contribution in [3.63, 3.8) is 0 Å². The lowest BCUT2D eigenvalue weighted by Gasteiger charge is -2.24. The molecule has 32 heavy (non-hydrogen) atoms. The minimum atomic E-state index is -4.47. The lowest BCUT2D eigenvalue weighted by molar-refractivity contribution is -0.126. The van der Waals surface area contributed by atoms with E-state index in [0.717, 1.165) is 34.2 Å². The molecule has 0 radical (unpaired) electrons. The molecule has 1 aliphatic heterocycles. The van der Waals surface area contributed by atoms with E-state index in [1.165, 1.54) is 23.9 Å². The Kier molecular flexibility index (Phi) is 8.95. The van der Waals surface area contributed by atoms with Crippen molar-refractivity contribution < 1.29 is 22.8 Å². The second-order valence-corrected chi connectivity index (χ2v) is 8.16. The molecular weight excluding hydrogens is 437 g/mol. The first-order valence-corrected chi connectivity index (χ1v) is 11.1. The van der Waals surface area contributed by atoms with Crippen LogP contribution in [0.1, 0.15) is 44.2 Å². The van der Waals surface area contributed by atoms with E-state index >= 15 is 0 Å². The number of hydrogen-bond donors (Lipinski definition) is 2. The lowest BCUT2D eigenvalue weighted by atomic mass is 9.98. The van der Waals surface area contributed by atoms with Crippen LogP contribution in [0.3, 0.4) is 0 Å². The van der Waals surface area contributed by atoms with Crippen molar-refractivity contribution in [1.82, 2.24) is 0 Å². The van der Waals surface area contributed by atoms with Gasteiger partial charge in [-0.3, -0.25) is 9.59 Å². The summed E-state index contributed by atoms with van der Waals surface area (Å²) < 4.78 is 39.0. The van der Waals surface area contributed by atoms with Crippen LogP contribution in [0.15, 0.2) is 58.4 Å². The molecule has 172 valence electrons. The Labute approximate surface area is 190 Å². The van der Waals surface area contributed by atoms with Crippen LogP contribution in [0.2, 0.25) is 0 Å². The molecule has 0 saturated carbocycles. The molecule has 2 N–H and O–H groups in total. The van der Waals surface area contributed by atoms with Crippen molar-refractivity contribution in [2.75, 3.05) is 10.6 Å². The molecule has 2 amide bonds. The fourth-order valence-corrected chi connectivity index (χ4v) is 4.27. The Hall–Kier alpha value is -2.74. The van der Waals surface area contributed by atoms with E-state index in [1.54, 1.807) is 13.0 Å². The summed E-state index contributed by atoms with van der Waals surface area (Å²) in [5.41, 5.74) is 2.52. The van der Waals surface area contributed by atoms with Crippen molar-refractivity contribution in [3.8, 4) is 0 Å². The molecule has 4 nitrogen and oxygen atoms in total. The summed E-state index contributed by atoms with van der Waals surface area (Å²) >= 11 is 1.43. The molecule has 0 fully saturated rings. The molecular formula is C24H27F3N2O2S. The van der Waals surface area contributed by atoms with Gasteiger partial charge in [0.05, 0.1) is 12.1 Å². The maximum atomic E-state index is 13.0. The molecule has 0 spiro atoms. The predicted octanol–water partition coefficient (Wildman–Crippen LogP) is 6.85. The van der Waals surface area contributed by atoms with Gasteiger partial charge in [-0.1, -0.05) is 49.6 Å². The Morgan fingerprint density at radius 3 is 2.66 bits per heavy atom. The van der Waals surface area contributed by atoms with Crippen LogP contribution in [0, 0.1) is 6.92 Å². The number of alkyl halides is 3.